The van der Waals surface area contributed by atoms with E-state index in [-0.39, 0.29) is 0 Å². The lowest BCUT2D eigenvalue weighted by molar-refractivity contribution is -0.138. The van der Waals surface area contributed by atoms with Gasteiger partial charge < -0.3 is 5.11 Å². The minimum Gasteiger partial charge on any atom is -0.481 e. The standard InChI is InChI=1S/C16H22O2/c1-11-5-3-4-6-15(11)14-9-7-13(8-10-14)12(2)16(17)18/h7-12,15H,3-6H2,1-2H3,(H,17,18)/t11-,12+,15-/m0/s1. The first kappa shape index (κ1) is 13.1. The molecule has 0 spiro atoms. The Bertz CT molecular complexity index is 408. The summed E-state index contributed by atoms with van der Waals surface area (Å²) in [5.74, 6) is 0.242. The lowest BCUT2D eigenvalue weighted by Crippen LogP contribution is -2.15. The monoisotopic (exact) mass is 246 g/mol. The van der Waals surface area contributed by atoms with Crippen LogP contribution < -0.4 is 0 Å². The molecule has 1 fully saturated rings. The third kappa shape index (κ3) is 2.74. The van der Waals surface area contributed by atoms with Crippen LogP contribution in [0.5, 0.6) is 0 Å². The van der Waals surface area contributed by atoms with Crippen molar-refractivity contribution in [1.82, 2.24) is 0 Å². The molecule has 1 aromatic rings. The molecule has 1 aliphatic rings. The van der Waals surface area contributed by atoms with E-state index in [1.807, 2.05) is 12.1 Å². The Morgan fingerprint density at radius 3 is 2.39 bits per heavy atom. The summed E-state index contributed by atoms with van der Waals surface area (Å²) < 4.78 is 0. The highest BCUT2D eigenvalue weighted by molar-refractivity contribution is 5.75. The van der Waals surface area contributed by atoms with Gasteiger partial charge in [-0.3, -0.25) is 4.79 Å². The number of carboxylic acids is 1. The molecule has 1 aliphatic carbocycles. The van der Waals surface area contributed by atoms with Crippen LogP contribution in [0.25, 0.3) is 0 Å². The summed E-state index contributed by atoms with van der Waals surface area (Å²) in [4.78, 5) is 10.9. The molecular formula is C16H22O2. The van der Waals surface area contributed by atoms with Crippen LogP contribution in [0.15, 0.2) is 24.3 Å². The number of carbonyl (C=O) groups is 1. The van der Waals surface area contributed by atoms with Crippen molar-refractivity contribution in [1.29, 1.82) is 0 Å². The van der Waals surface area contributed by atoms with Crippen LogP contribution in [0, 0.1) is 5.92 Å². The summed E-state index contributed by atoms with van der Waals surface area (Å²) in [7, 11) is 0. The third-order valence-corrected chi connectivity index (χ3v) is 4.35. The van der Waals surface area contributed by atoms with Gasteiger partial charge in [-0.2, -0.15) is 0 Å². The van der Waals surface area contributed by atoms with Crippen LogP contribution in [0.2, 0.25) is 0 Å². The van der Waals surface area contributed by atoms with E-state index in [4.69, 9.17) is 5.11 Å². The zero-order chi connectivity index (χ0) is 13.1. The molecule has 1 saturated carbocycles. The van der Waals surface area contributed by atoms with E-state index < -0.39 is 11.9 Å². The number of hydrogen-bond donors (Lipinski definition) is 1. The Balaban J connectivity index is 2.14. The molecule has 1 N–H and O–H groups in total. The van der Waals surface area contributed by atoms with Gasteiger partial charge in [-0.15, -0.1) is 0 Å². The Labute approximate surface area is 109 Å². The molecular weight excluding hydrogens is 224 g/mol. The molecule has 0 saturated heterocycles. The minimum atomic E-state index is -0.756. The normalized spacial score (nSPS) is 25.7. The van der Waals surface area contributed by atoms with Crippen molar-refractivity contribution in [2.24, 2.45) is 5.92 Å². The van der Waals surface area contributed by atoms with E-state index >= 15 is 0 Å². The molecule has 0 aliphatic heterocycles. The van der Waals surface area contributed by atoms with Gasteiger partial charge in [-0.1, -0.05) is 50.5 Å². The molecule has 0 radical (unpaired) electrons. The maximum atomic E-state index is 10.9. The molecule has 0 amide bonds. The first-order valence-corrected chi connectivity index (χ1v) is 6.92. The summed E-state index contributed by atoms with van der Waals surface area (Å²) in [5.41, 5.74) is 2.28. The van der Waals surface area contributed by atoms with Crippen molar-refractivity contribution in [3.05, 3.63) is 35.4 Å². The van der Waals surface area contributed by atoms with Gasteiger partial charge in [-0.25, -0.2) is 0 Å². The maximum Gasteiger partial charge on any atom is 0.310 e. The molecule has 2 heteroatoms. The van der Waals surface area contributed by atoms with E-state index in [2.05, 4.69) is 19.1 Å². The SMILES string of the molecule is C[C@@H](C(=O)O)c1ccc([C@H]2CCCC[C@@H]2C)cc1. The first-order chi connectivity index (χ1) is 8.59. The number of rotatable bonds is 3. The molecule has 0 aromatic heterocycles. The van der Waals surface area contributed by atoms with Crippen LogP contribution in [0.4, 0.5) is 0 Å². The van der Waals surface area contributed by atoms with Gasteiger partial charge in [0.2, 0.25) is 0 Å². The first-order valence-electron chi connectivity index (χ1n) is 6.92. The molecule has 0 heterocycles. The Kier molecular flexibility index (Phi) is 4.05. The maximum absolute atomic E-state index is 10.9. The van der Waals surface area contributed by atoms with E-state index in [9.17, 15) is 4.79 Å². The van der Waals surface area contributed by atoms with E-state index in [0.717, 1.165) is 11.5 Å². The molecule has 98 valence electrons. The van der Waals surface area contributed by atoms with Crippen LogP contribution >= 0.6 is 0 Å². The molecule has 1 aromatic carbocycles. The van der Waals surface area contributed by atoms with Crippen molar-refractivity contribution in [3.8, 4) is 0 Å². The number of benzene rings is 1. The van der Waals surface area contributed by atoms with Gasteiger partial charge in [0, 0.05) is 0 Å². The highest BCUT2D eigenvalue weighted by Crippen LogP contribution is 2.37. The van der Waals surface area contributed by atoms with Crippen molar-refractivity contribution in [2.45, 2.75) is 51.4 Å². The van der Waals surface area contributed by atoms with Crippen LogP contribution in [-0.4, -0.2) is 11.1 Å². The summed E-state index contributed by atoms with van der Waals surface area (Å²) in [6.07, 6.45) is 5.26. The molecule has 2 rings (SSSR count). The van der Waals surface area contributed by atoms with Gasteiger partial charge in [0.05, 0.1) is 5.92 Å². The molecule has 3 atom stereocenters. The second kappa shape index (κ2) is 5.55. The Morgan fingerprint density at radius 2 is 1.83 bits per heavy atom. The zero-order valence-corrected chi connectivity index (χ0v) is 11.2. The summed E-state index contributed by atoms with van der Waals surface area (Å²) >= 11 is 0. The fraction of sp³-hybridized carbons (Fsp3) is 0.562. The van der Waals surface area contributed by atoms with Crippen molar-refractivity contribution >= 4 is 5.97 Å². The quantitative estimate of drug-likeness (QED) is 0.869. The summed E-state index contributed by atoms with van der Waals surface area (Å²) in [6.45, 7) is 4.07. The van der Waals surface area contributed by atoms with Crippen molar-refractivity contribution in [2.75, 3.05) is 0 Å². The Morgan fingerprint density at radius 1 is 1.22 bits per heavy atom. The molecule has 0 bridgehead atoms. The van der Waals surface area contributed by atoms with Gasteiger partial charge in [0.1, 0.15) is 0 Å². The minimum absolute atomic E-state index is 0.414. The predicted molar refractivity (Wildman–Crippen MR) is 72.9 cm³/mol. The van der Waals surface area contributed by atoms with Crippen molar-refractivity contribution in [3.63, 3.8) is 0 Å². The Hall–Kier alpha value is -1.31. The highest BCUT2D eigenvalue weighted by Gasteiger charge is 2.23. The number of carboxylic acid groups (broad SMARTS) is 1. The van der Waals surface area contributed by atoms with Crippen molar-refractivity contribution < 1.29 is 9.90 Å². The zero-order valence-electron chi connectivity index (χ0n) is 11.2. The lowest BCUT2D eigenvalue weighted by Gasteiger charge is -2.29. The number of hydrogen-bond acceptors (Lipinski definition) is 1. The van der Waals surface area contributed by atoms with Crippen LogP contribution in [0.1, 0.15) is 62.5 Å². The molecule has 2 nitrogen and oxygen atoms in total. The van der Waals surface area contributed by atoms with E-state index in [1.165, 1.54) is 31.2 Å². The number of aliphatic carboxylic acids is 1. The average Bonchev–Trinajstić information content (AvgIpc) is 2.38. The van der Waals surface area contributed by atoms with Gasteiger partial charge >= 0.3 is 5.97 Å². The topological polar surface area (TPSA) is 37.3 Å². The van der Waals surface area contributed by atoms with Crippen LogP contribution in [0.3, 0.4) is 0 Å². The summed E-state index contributed by atoms with van der Waals surface area (Å²) in [5, 5.41) is 9.00. The third-order valence-electron chi connectivity index (χ3n) is 4.35. The second-order valence-corrected chi connectivity index (χ2v) is 5.59. The second-order valence-electron chi connectivity index (χ2n) is 5.59. The fourth-order valence-corrected chi connectivity index (χ4v) is 2.99. The van der Waals surface area contributed by atoms with E-state index in [0.29, 0.717) is 5.92 Å². The predicted octanol–water partition coefficient (Wildman–Crippen LogP) is 4.17. The largest absolute Gasteiger partial charge is 0.481 e. The van der Waals surface area contributed by atoms with E-state index in [1.54, 1.807) is 6.92 Å². The molecule has 18 heavy (non-hydrogen) atoms. The van der Waals surface area contributed by atoms with Gasteiger partial charge in [0.15, 0.2) is 0 Å². The van der Waals surface area contributed by atoms with Gasteiger partial charge in [0.25, 0.3) is 0 Å². The fourth-order valence-electron chi connectivity index (χ4n) is 2.99. The smallest absolute Gasteiger partial charge is 0.310 e. The van der Waals surface area contributed by atoms with Gasteiger partial charge in [-0.05, 0) is 36.3 Å². The molecule has 0 unspecified atom stereocenters. The lowest BCUT2D eigenvalue weighted by atomic mass is 9.76. The average molecular weight is 246 g/mol. The highest BCUT2D eigenvalue weighted by atomic mass is 16.4. The summed E-state index contributed by atoms with van der Waals surface area (Å²) in [6, 6.07) is 8.22. The van der Waals surface area contributed by atoms with Crippen LogP contribution in [-0.2, 0) is 4.79 Å².